The van der Waals surface area contributed by atoms with Gasteiger partial charge < -0.3 is 9.42 Å². The highest BCUT2D eigenvalue weighted by atomic mass is 16.5. The van der Waals surface area contributed by atoms with E-state index in [1.54, 1.807) is 0 Å². The summed E-state index contributed by atoms with van der Waals surface area (Å²) >= 11 is 0. The summed E-state index contributed by atoms with van der Waals surface area (Å²) in [6.45, 7) is 3.73. The fourth-order valence-corrected chi connectivity index (χ4v) is 4.34. The Labute approximate surface area is 125 Å². The van der Waals surface area contributed by atoms with Gasteiger partial charge in [-0.2, -0.15) is 4.98 Å². The van der Waals surface area contributed by atoms with Crippen molar-refractivity contribution in [3.05, 3.63) is 11.7 Å². The highest BCUT2D eigenvalue weighted by molar-refractivity contribution is 5.80. The fourth-order valence-electron chi connectivity index (χ4n) is 4.34. The van der Waals surface area contributed by atoms with Crippen molar-refractivity contribution in [1.82, 2.24) is 15.0 Å². The lowest BCUT2D eigenvalue weighted by atomic mass is 9.80. The first kappa shape index (κ1) is 13.3. The second kappa shape index (κ2) is 4.82. The van der Waals surface area contributed by atoms with E-state index in [4.69, 9.17) is 4.52 Å². The Kier molecular flexibility index (Phi) is 3.05. The summed E-state index contributed by atoms with van der Waals surface area (Å²) in [5.74, 6) is 2.75. The summed E-state index contributed by atoms with van der Waals surface area (Å²) in [5, 5.41) is 4.25. The van der Waals surface area contributed by atoms with E-state index in [1.165, 1.54) is 19.3 Å². The second-order valence-corrected chi connectivity index (χ2v) is 6.96. The molecule has 1 saturated heterocycles. The Balaban J connectivity index is 1.59. The number of carbonyl (C=O) groups is 1. The molecular formula is C16H23N3O2. The summed E-state index contributed by atoms with van der Waals surface area (Å²) < 4.78 is 5.34. The summed E-state index contributed by atoms with van der Waals surface area (Å²) in [6, 6.07) is 0. The number of carbonyl (C=O) groups excluding carboxylic acids is 1. The van der Waals surface area contributed by atoms with Crippen LogP contribution in [-0.4, -0.2) is 34.0 Å². The smallest absolute Gasteiger partial charge is 0.226 e. The molecule has 3 aliphatic rings. The van der Waals surface area contributed by atoms with E-state index in [2.05, 4.69) is 15.0 Å². The lowest BCUT2D eigenvalue weighted by Crippen LogP contribution is -2.40. The van der Waals surface area contributed by atoms with Crippen LogP contribution in [0.3, 0.4) is 0 Å². The Hall–Kier alpha value is -1.39. The van der Waals surface area contributed by atoms with Crippen LogP contribution in [0.25, 0.3) is 0 Å². The van der Waals surface area contributed by atoms with Gasteiger partial charge in [-0.1, -0.05) is 24.9 Å². The average molecular weight is 289 g/mol. The SMILES string of the molecule is CCc1nc([C@@]23CCC[C@@H]2CN(C(=O)C2CCC2)C3)no1. The van der Waals surface area contributed by atoms with Crippen LogP contribution in [-0.2, 0) is 16.6 Å². The van der Waals surface area contributed by atoms with E-state index in [0.29, 0.717) is 17.7 Å². The van der Waals surface area contributed by atoms with Crippen LogP contribution >= 0.6 is 0 Å². The average Bonchev–Trinajstić information content (AvgIpc) is 3.09. The van der Waals surface area contributed by atoms with Gasteiger partial charge in [0.1, 0.15) is 0 Å². The van der Waals surface area contributed by atoms with E-state index in [0.717, 1.165) is 44.6 Å². The summed E-state index contributed by atoms with van der Waals surface area (Å²) in [6.07, 6.45) is 7.64. The van der Waals surface area contributed by atoms with Crippen LogP contribution in [0.15, 0.2) is 4.52 Å². The van der Waals surface area contributed by atoms with E-state index in [-0.39, 0.29) is 11.3 Å². The maximum absolute atomic E-state index is 12.6. The first-order valence-electron chi connectivity index (χ1n) is 8.35. The van der Waals surface area contributed by atoms with Crippen LogP contribution in [0.2, 0.25) is 0 Å². The minimum absolute atomic E-state index is 0.0314. The van der Waals surface area contributed by atoms with Gasteiger partial charge in [0.05, 0.1) is 5.41 Å². The molecule has 0 bridgehead atoms. The third-order valence-corrected chi connectivity index (χ3v) is 5.85. The number of nitrogens with zero attached hydrogens (tertiary/aromatic N) is 3. The molecule has 0 spiro atoms. The molecule has 2 heterocycles. The van der Waals surface area contributed by atoms with Gasteiger partial charge in [-0.3, -0.25) is 4.79 Å². The van der Waals surface area contributed by atoms with E-state index < -0.39 is 0 Å². The molecule has 1 aromatic rings. The quantitative estimate of drug-likeness (QED) is 0.856. The molecule has 4 rings (SSSR count). The molecule has 0 aromatic carbocycles. The van der Waals surface area contributed by atoms with Gasteiger partial charge in [-0.15, -0.1) is 0 Å². The normalized spacial score (nSPS) is 32.2. The van der Waals surface area contributed by atoms with E-state index in [9.17, 15) is 4.79 Å². The van der Waals surface area contributed by atoms with Gasteiger partial charge in [-0.25, -0.2) is 0 Å². The number of fused-ring (bicyclic) bond motifs is 1. The molecule has 5 nitrogen and oxygen atoms in total. The molecule has 0 unspecified atom stereocenters. The molecule has 2 saturated carbocycles. The van der Waals surface area contributed by atoms with E-state index in [1.807, 2.05) is 6.92 Å². The zero-order chi connectivity index (χ0) is 14.4. The maximum Gasteiger partial charge on any atom is 0.226 e. The molecule has 1 aromatic heterocycles. The van der Waals surface area contributed by atoms with Crippen molar-refractivity contribution >= 4 is 5.91 Å². The standard InChI is InChI=1S/C16H23N3O2/c1-2-13-17-15(18-21-13)16-8-4-7-12(16)9-19(10-16)14(20)11-5-3-6-11/h11-12H,2-10H2,1H3/t12-,16-/m1/s1. The minimum Gasteiger partial charge on any atom is -0.341 e. The van der Waals surface area contributed by atoms with Gasteiger partial charge in [0.15, 0.2) is 5.82 Å². The highest BCUT2D eigenvalue weighted by Crippen LogP contribution is 2.50. The van der Waals surface area contributed by atoms with Crippen molar-refractivity contribution in [3.63, 3.8) is 0 Å². The third-order valence-electron chi connectivity index (χ3n) is 5.85. The molecule has 2 atom stereocenters. The summed E-state index contributed by atoms with van der Waals surface area (Å²) in [4.78, 5) is 19.2. The fraction of sp³-hybridized carbons (Fsp3) is 0.812. The molecule has 5 heteroatoms. The highest BCUT2D eigenvalue weighted by Gasteiger charge is 2.55. The topological polar surface area (TPSA) is 59.2 Å². The van der Waals surface area contributed by atoms with Gasteiger partial charge in [0, 0.05) is 25.4 Å². The number of rotatable bonds is 3. The number of hydrogen-bond acceptors (Lipinski definition) is 4. The molecule has 3 fully saturated rings. The summed E-state index contributed by atoms with van der Waals surface area (Å²) in [7, 11) is 0. The van der Waals surface area contributed by atoms with Crippen LogP contribution in [0.5, 0.6) is 0 Å². The Morgan fingerprint density at radius 1 is 1.38 bits per heavy atom. The van der Waals surface area contributed by atoms with Crippen LogP contribution in [0.4, 0.5) is 0 Å². The van der Waals surface area contributed by atoms with Gasteiger partial charge in [0.25, 0.3) is 0 Å². The predicted molar refractivity (Wildman–Crippen MR) is 76.6 cm³/mol. The monoisotopic (exact) mass is 289 g/mol. The molecule has 0 N–H and O–H groups in total. The first-order valence-corrected chi connectivity index (χ1v) is 8.35. The number of hydrogen-bond donors (Lipinski definition) is 0. The molecule has 21 heavy (non-hydrogen) atoms. The zero-order valence-corrected chi connectivity index (χ0v) is 12.7. The van der Waals surface area contributed by atoms with Gasteiger partial charge in [0.2, 0.25) is 11.8 Å². The predicted octanol–water partition coefficient (Wildman–Crippen LogP) is 2.31. The van der Waals surface area contributed by atoms with Crippen molar-refractivity contribution in [2.45, 2.75) is 57.3 Å². The Morgan fingerprint density at radius 3 is 2.90 bits per heavy atom. The Bertz CT molecular complexity index is 551. The van der Waals surface area contributed by atoms with Crippen LogP contribution in [0, 0.1) is 11.8 Å². The van der Waals surface area contributed by atoms with Crippen molar-refractivity contribution in [1.29, 1.82) is 0 Å². The lowest BCUT2D eigenvalue weighted by molar-refractivity contribution is -0.137. The molecule has 0 radical (unpaired) electrons. The molecule has 1 aliphatic heterocycles. The van der Waals surface area contributed by atoms with Crippen LogP contribution in [0.1, 0.15) is 57.2 Å². The van der Waals surface area contributed by atoms with Crippen molar-refractivity contribution in [3.8, 4) is 0 Å². The van der Waals surface area contributed by atoms with Crippen molar-refractivity contribution in [2.75, 3.05) is 13.1 Å². The maximum atomic E-state index is 12.6. The summed E-state index contributed by atoms with van der Waals surface area (Å²) in [5.41, 5.74) is -0.0314. The van der Waals surface area contributed by atoms with Crippen molar-refractivity contribution < 1.29 is 9.32 Å². The van der Waals surface area contributed by atoms with Crippen LogP contribution < -0.4 is 0 Å². The zero-order valence-electron chi connectivity index (χ0n) is 12.7. The van der Waals surface area contributed by atoms with E-state index >= 15 is 0 Å². The number of aromatic nitrogens is 2. The molecule has 114 valence electrons. The first-order chi connectivity index (χ1) is 10.2. The number of amides is 1. The van der Waals surface area contributed by atoms with Crippen molar-refractivity contribution in [2.24, 2.45) is 11.8 Å². The lowest BCUT2D eigenvalue weighted by Gasteiger charge is -2.30. The largest absolute Gasteiger partial charge is 0.341 e. The van der Waals surface area contributed by atoms with Gasteiger partial charge >= 0.3 is 0 Å². The molecule has 2 aliphatic carbocycles. The third kappa shape index (κ3) is 1.93. The molecular weight excluding hydrogens is 266 g/mol. The van der Waals surface area contributed by atoms with Gasteiger partial charge in [-0.05, 0) is 31.6 Å². The Morgan fingerprint density at radius 2 is 2.24 bits per heavy atom. The number of likely N-dealkylation sites (tertiary alicyclic amines) is 1. The molecule has 1 amide bonds. The number of aryl methyl sites for hydroxylation is 1. The second-order valence-electron chi connectivity index (χ2n) is 6.96. The minimum atomic E-state index is -0.0314.